The Morgan fingerprint density at radius 3 is 1.16 bits per heavy atom. The average molecular weight is 351 g/mol. The Morgan fingerprint density at radius 2 is 0.800 bits per heavy atom. The molecule has 0 aliphatic carbocycles. The van der Waals surface area contributed by atoms with Crippen molar-refractivity contribution in [3.8, 4) is 0 Å². The lowest BCUT2D eigenvalue weighted by molar-refractivity contribution is 0.471. The Balaban J connectivity index is 3.13. The molecule has 0 nitrogen and oxygen atoms in total. The van der Waals surface area contributed by atoms with Crippen LogP contribution in [0.2, 0.25) is 0 Å². The molecule has 0 aromatic rings. The molecule has 150 valence electrons. The summed E-state index contributed by atoms with van der Waals surface area (Å²) < 4.78 is 0. The van der Waals surface area contributed by atoms with Crippen LogP contribution in [0.3, 0.4) is 0 Å². The molecular formula is C25H50. The molecular weight excluding hydrogens is 300 g/mol. The zero-order valence-electron chi connectivity index (χ0n) is 18.3. The van der Waals surface area contributed by atoms with Gasteiger partial charge in [0.25, 0.3) is 0 Å². The van der Waals surface area contributed by atoms with Crippen LogP contribution in [0.15, 0.2) is 12.2 Å². The zero-order chi connectivity index (χ0) is 18.6. The second-order valence-corrected chi connectivity index (χ2v) is 8.54. The van der Waals surface area contributed by atoms with Gasteiger partial charge >= 0.3 is 0 Å². The minimum atomic E-state index is 0.938. The maximum Gasteiger partial charge on any atom is -0.0351 e. The van der Waals surface area contributed by atoms with Crippen molar-refractivity contribution < 1.29 is 0 Å². The van der Waals surface area contributed by atoms with E-state index in [0.717, 1.165) is 11.8 Å². The van der Waals surface area contributed by atoms with Crippen LogP contribution in [-0.2, 0) is 0 Å². The summed E-state index contributed by atoms with van der Waals surface area (Å²) in [6.07, 6.45) is 28.9. The smallest absolute Gasteiger partial charge is 0.0351 e. The summed E-state index contributed by atoms with van der Waals surface area (Å²) in [6.45, 7) is 9.40. The van der Waals surface area contributed by atoms with Gasteiger partial charge in [0.1, 0.15) is 0 Å². The van der Waals surface area contributed by atoms with E-state index in [4.69, 9.17) is 0 Å². The third kappa shape index (κ3) is 19.9. The highest BCUT2D eigenvalue weighted by atomic mass is 14.0. The molecule has 0 saturated heterocycles. The fourth-order valence-electron chi connectivity index (χ4n) is 3.39. The molecule has 0 N–H and O–H groups in total. The van der Waals surface area contributed by atoms with Crippen molar-refractivity contribution in [1.82, 2.24) is 0 Å². The van der Waals surface area contributed by atoms with Gasteiger partial charge in [-0.2, -0.15) is 0 Å². The van der Waals surface area contributed by atoms with E-state index in [2.05, 4.69) is 39.8 Å². The van der Waals surface area contributed by atoms with E-state index >= 15 is 0 Å². The van der Waals surface area contributed by atoms with Crippen molar-refractivity contribution in [3.05, 3.63) is 12.2 Å². The van der Waals surface area contributed by atoms with Crippen LogP contribution < -0.4 is 0 Å². The van der Waals surface area contributed by atoms with Crippen LogP contribution in [0, 0.1) is 11.8 Å². The highest BCUT2D eigenvalue weighted by Crippen LogP contribution is 2.15. The molecule has 0 heteroatoms. The van der Waals surface area contributed by atoms with Gasteiger partial charge in [-0.15, -0.1) is 0 Å². The van der Waals surface area contributed by atoms with Gasteiger partial charge < -0.3 is 0 Å². The normalized spacial score (nSPS) is 14.2. The van der Waals surface area contributed by atoms with E-state index in [1.807, 2.05) is 0 Å². The van der Waals surface area contributed by atoms with Gasteiger partial charge in [0.05, 0.1) is 0 Å². The van der Waals surface area contributed by atoms with Gasteiger partial charge in [-0.25, -0.2) is 0 Å². The fraction of sp³-hybridized carbons (Fsp3) is 0.920. The molecule has 0 aliphatic rings. The Morgan fingerprint density at radius 1 is 0.480 bits per heavy atom. The number of rotatable bonds is 19. The van der Waals surface area contributed by atoms with Gasteiger partial charge in [-0.1, -0.05) is 123 Å². The number of allylic oxidation sites excluding steroid dienone is 2. The van der Waals surface area contributed by atoms with E-state index in [0.29, 0.717) is 0 Å². The Bertz CT molecular complexity index is 265. The Labute approximate surface area is 161 Å². The third-order valence-corrected chi connectivity index (χ3v) is 5.95. The van der Waals surface area contributed by atoms with E-state index in [-0.39, 0.29) is 0 Å². The minimum Gasteiger partial charge on any atom is -0.0885 e. The number of hydrogen-bond acceptors (Lipinski definition) is 0. The summed E-state index contributed by atoms with van der Waals surface area (Å²) in [5, 5.41) is 0. The second kappa shape index (κ2) is 20.1. The molecule has 0 heterocycles. The van der Waals surface area contributed by atoms with Crippen LogP contribution in [0.1, 0.15) is 137 Å². The molecule has 0 aliphatic heterocycles. The largest absolute Gasteiger partial charge is 0.0885 e. The molecule has 0 bridgehead atoms. The van der Waals surface area contributed by atoms with Gasteiger partial charge in [0.2, 0.25) is 0 Å². The molecule has 0 fully saturated rings. The molecule has 0 rings (SSSR count). The first kappa shape index (κ1) is 24.7. The minimum absolute atomic E-state index is 0.938. The molecule has 0 aromatic heterocycles. The molecule has 0 aromatic carbocycles. The number of hydrogen-bond donors (Lipinski definition) is 0. The highest BCUT2D eigenvalue weighted by Gasteiger charge is 1.98. The SMILES string of the molecule is CCC(C)CCCCCCC/C=C\CCCCCCCCC(C)CC. The number of unbranched alkanes of at least 4 members (excludes halogenated alkanes) is 11. The summed E-state index contributed by atoms with van der Waals surface area (Å²) in [7, 11) is 0. The van der Waals surface area contributed by atoms with Crippen molar-refractivity contribution in [3.63, 3.8) is 0 Å². The van der Waals surface area contributed by atoms with Crippen LogP contribution in [0.4, 0.5) is 0 Å². The quantitative estimate of drug-likeness (QED) is 0.161. The van der Waals surface area contributed by atoms with Gasteiger partial charge in [-0.3, -0.25) is 0 Å². The van der Waals surface area contributed by atoms with E-state index in [1.54, 1.807) is 0 Å². The summed E-state index contributed by atoms with van der Waals surface area (Å²) >= 11 is 0. The molecule has 25 heavy (non-hydrogen) atoms. The van der Waals surface area contributed by atoms with Crippen molar-refractivity contribution in [1.29, 1.82) is 0 Å². The summed E-state index contributed by atoms with van der Waals surface area (Å²) in [6, 6.07) is 0. The van der Waals surface area contributed by atoms with Crippen molar-refractivity contribution in [2.24, 2.45) is 11.8 Å². The molecule has 2 atom stereocenters. The molecule has 0 radical (unpaired) electrons. The molecule has 0 amide bonds. The fourth-order valence-corrected chi connectivity index (χ4v) is 3.39. The predicted molar refractivity (Wildman–Crippen MR) is 117 cm³/mol. The third-order valence-electron chi connectivity index (χ3n) is 5.95. The maximum absolute atomic E-state index is 2.44. The van der Waals surface area contributed by atoms with Gasteiger partial charge in [-0.05, 0) is 37.5 Å². The summed E-state index contributed by atoms with van der Waals surface area (Å²) in [5.74, 6) is 1.88. The van der Waals surface area contributed by atoms with Crippen LogP contribution in [0.5, 0.6) is 0 Å². The Hall–Kier alpha value is -0.260. The maximum atomic E-state index is 2.44. The van der Waals surface area contributed by atoms with E-state index < -0.39 is 0 Å². The van der Waals surface area contributed by atoms with Crippen molar-refractivity contribution in [2.45, 2.75) is 137 Å². The van der Waals surface area contributed by atoms with Gasteiger partial charge in [0, 0.05) is 0 Å². The lowest BCUT2D eigenvalue weighted by Gasteiger charge is -2.07. The van der Waals surface area contributed by atoms with E-state index in [9.17, 15) is 0 Å². The first-order chi connectivity index (χ1) is 12.2. The highest BCUT2D eigenvalue weighted by molar-refractivity contribution is 4.81. The first-order valence-corrected chi connectivity index (χ1v) is 11.9. The average Bonchev–Trinajstić information content (AvgIpc) is 2.63. The topological polar surface area (TPSA) is 0 Å². The molecule has 0 saturated carbocycles. The first-order valence-electron chi connectivity index (χ1n) is 11.9. The monoisotopic (exact) mass is 350 g/mol. The standard InChI is InChI=1S/C25H50/c1-5-24(3)22-20-18-16-14-12-10-8-7-9-11-13-15-17-19-21-23-25(4)6-2/h7-8,24-25H,5-6,9-23H2,1-4H3/b8-7-. The molecule has 0 spiro atoms. The van der Waals surface area contributed by atoms with Crippen LogP contribution >= 0.6 is 0 Å². The van der Waals surface area contributed by atoms with E-state index in [1.165, 1.54) is 109 Å². The second-order valence-electron chi connectivity index (χ2n) is 8.54. The summed E-state index contributed by atoms with van der Waals surface area (Å²) in [4.78, 5) is 0. The predicted octanol–water partition coefficient (Wildman–Crippen LogP) is 9.49. The lowest BCUT2D eigenvalue weighted by atomic mass is 9.99. The zero-order valence-corrected chi connectivity index (χ0v) is 18.3. The molecule has 2 unspecified atom stereocenters. The van der Waals surface area contributed by atoms with Crippen molar-refractivity contribution in [2.75, 3.05) is 0 Å². The Kier molecular flexibility index (Phi) is 19.8. The summed E-state index contributed by atoms with van der Waals surface area (Å²) in [5.41, 5.74) is 0. The lowest BCUT2D eigenvalue weighted by Crippen LogP contribution is -1.91. The van der Waals surface area contributed by atoms with Gasteiger partial charge in [0.15, 0.2) is 0 Å². The van der Waals surface area contributed by atoms with Crippen LogP contribution in [-0.4, -0.2) is 0 Å². The van der Waals surface area contributed by atoms with Crippen LogP contribution in [0.25, 0.3) is 0 Å². The van der Waals surface area contributed by atoms with Crippen molar-refractivity contribution >= 4 is 0 Å².